The highest BCUT2D eigenvalue weighted by Crippen LogP contribution is 2.41. The van der Waals surface area contributed by atoms with Crippen molar-refractivity contribution < 1.29 is 53.0 Å². The molecule has 88 heavy (non-hydrogen) atoms. The number of nitrogens with one attached hydrogen (secondary N) is 1. The van der Waals surface area contributed by atoms with Crippen LogP contribution in [0.1, 0.15) is 248 Å². The van der Waals surface area contributed by atoms with Crippen molar-refractivity contribution >= 4 is 16.0 Å². The first-order valence-corrected chi connectivity index (χ1v) is 32.5. The number of aliphatic hydroxyl groups is 5. The molecule has 0 radical (unpaired) electrons. The van der Waals surface area contributed by atoms with Crippen LogP contribution in [-0.4, -0.2) is 70.4 Å². The summed E-state index contributed by atoms with van der Waals surface area (Å²) < 4.78 is 45.0. The zero-order chi connectivity index (χ0) is 67.1. The smallest absolute Gasteiger partial charge is 0.347 e. The third-order valence-corrected chi connectivity index (χ3v) is 16.6. The third kappa shape index (κ3) is 27.1. The van der Waals surface area contributed by atoms with Crippen molar-refractivity contribution in [1.29, 1.82) is 0 Å². The Balaban J connectivity index is 0.000000361. The number of aliphatic hydroxyl groups excluding tert-OH is 3. The quantitative estimate of drug-likeness (QED) is 0.0336. The van der Waals surface area contributed by atoms with Gasteiger partial charge in [0.2, 0.25) is 10.0 Å². The second-order valence-electron chi connectivity index (χ2n) is 26.6. The number of hydrogen-bond donors (Lipinski definition) is 8. The average molecular weight is 1240 g/mol. The van der Waals surface area contributed by atoms with Crippen LogP contribution in [0.4, 0.5) is 4.39 Å². The summed E-state index contributed by atoms with van der Waals surface area (Å²) >= 11 is 0. The van der Waals surface area contributed by atoms with Gasteiger partial charge in [-0.05, 0) is 190 Å². The number of sulfonamides is 1. The van der Waals surface area contributed by atoms with Crippen molar-refractivity contribution in [3.05, 3.63) is 201 Å². The standard InChI is InChI=1S/C13H18O3.C13H18O.C12H17FO.C12H19NO3S.C12H19N.C12H18O2/c1-9(2)10-5-7-11(8-6-10)16-13(3,4)12(14)15;1-9(2)10-3-5-11(6-4-10)13(14)12-7-8-12;1-8(2)9-5-6-10(11(13)7-9)12(3,4)14;1-10(2)11-4-6-12(7-5-11)17(15,16)13-8-3-9-14;1-9(2)10-5-7-11(8-6-10)12(3,4)13;1-9(2)10-4-6-11(7-5-10)12(3,14)8-13/h5-9H,1-4H3,(H,14,15);3-6,9,12-14H,7-8H2,1-2H3;5-8,14H,1-4H3;4-7,10,13-14H,3,8-9H2,1-2H3;5-9H,13H2,1-4H3;4-7,9,13-14H,8H2,1-3H3/t;;;;;12-/m.....1/s1. The number of aliphatic carboxylic acids is 1. The van der Waals surface area contributed by atoms with Crippen molar-refractivity contribution in [1.82, 2.24) is 4.72 Å². The first-order chi connectivity index (χ1) is 40.7. The van der Waals surface area contributed by atoms with Crippen LogP contribution in [-0.2, 0) is 31.6 Å². The summed E-state index contributed by atoms with van der Waals surface area (Å²) in [5.74, 6) is 2.61. The molecule has 1 saturated carbocycles. The van der Waals surface area contributed by atoms with E-state index in [2.05, 4.69) is 122 Å². The summed E-state index contributed by atoms with van der Waals surface area (Å²) in [6, 6.07) is 44.1. The van der Waals surface area contributed by atoms with Gasteiger partial charge in [-0.1, -0.05) is 192 Å². The van der Waals surface area contributed by atoms with Gasteiger partial charge in [0.25, 0.3) is 0 Å². The monoisotopic (exact) mass is 1240 g/mol. The predicted molar refractivity (Wildman–Crippen MR) is 359 cm³/mol. The topological polar surface area (TPSA) is 220 Å². The third-order valence-electron chi connectivity index (χ3n) is 15.1. The molecule has 14 heteroatoms. The molecule has 9 N–H and O–H groups in total. The van der Waals surface area contributed by atoms with Crippen molar-refractivity contribution in [3.8, 4) is 5.75 Å². The Morgan fingerprint density at radius 1 is 0.568 bits per heavy atom. The minimum Gasteiger partial charge on any atom is -0.478 e. The van der Waals surface area contributed by atoms with Crippen LogP contribution in [0.3, 0.4) is 0 Å². The van der Waals surface area contributed by atoms with Gasteiger partial charge in [0.15, 0.2) is 5.60 Å². The number of rotatable bonds is 20. The van der Waals surface area contributed by atoms with Gasteiger partial charge in [-0.25, -0.2) is 22.3 Å². The Hall–Kier alpha value is -5.81. The Bertz CT molecular complexity index is 3070. The summed E-state index contributed by atoms with van der Waals surface area (Å²) in [6.45, 7) is 37.2. The maximum Gasteiger partial charge on any atom is 0.347 e. The lowest BCUT2D eigenvalue weighted by molar-refractivity contribution is -0.152. The average Bonchev–Trinajstić information content (AvgIpc) is 3.55. The lowest BCUT2D eigenvalue weighted by Gasteiger charge is -2.21. The number of ether oxygens (including phenoxy) is 1. The highest BCUT2D eigenvalue weighted by atomic mass is 32.2. The molecule has 6 aromatic rings. The molecule has 0 saturated heterocycles. The maximum atomic E-state index is 13.5. The van der Waals surface area contributed by atoms with Gasteiger partial charge >= 0.3 is 5.97 Å². The fourth-order valence-corrected chi connectivity index (χ4v) is 9.50. The summed E-state index contributed by atoms with van der Waals surface area (Å²) in [6.07, 6.45) is 2.57. The van der Waals surface area contributed by atoms with Gasteiger partial charge < -0.3 is 41.1 Å². The van der Waals surface area contributed by atoms with Crippen LogP contribution < -0.4 is 15.2 Å². The first-order valence-electron chi connectivity index (χ1n) is 31.0. The lowest BCUT2D eigenvalue weighted by atomic mass is 9.93. The SMILES string of the molecule is CC(C)c1ccc(C(C)(C)N)cc1.CC(C)c1ccc(C(C)(C)O)c(F)c1.CC(C)c1ccc(C(O)C2CC2)cc1.CC(C)c1ccc(OC(C)(C)C(=O)O)cc1.CC(C)c1ccc(S(=O)(=O)NCCCO)cc1.CC(C)c1ccc([C@](C)(O)CO)cc1. The highest BCUT2D eigenvalue weighted by Gasteiger charge is 2.31. The predicted octanol–water partition coefficient (Wildman–Crippen LogP) is 16.0. The van der Waals surface area contributed by atoms with Crippen LogP contribution in [0, 0.1) is 11.7 Å². The van der Waals surface area contributed by atoms with Gasteiger partial charge in [0, 0.05) is 24.3 Å². The van der Waals surface area contributed by atoms with E-state index in [4.69, 9.17) is 25.8 Å². The summed E-state index contributed by atoms with van der Waals surface area (Å²) in [7, 11) is -3.44. The number of carboxylic acids is 1. The van der Waals surface area contributed by atoms with Gasteiger partial charge in [-0.3, -0.25) is 0 Å². The maximum absolute atomic E-state index is 13.5. The first kappa shape index (κ1) is 78.3. The van der Waals surface area contributed by atoms with E-state index in [1.807, 2.05) is 82.3 Å². The molecule has 488 valence electrons. The summed E-state index contributed by atoms with van der Waals surface area (Å²) in [5.41, 5.74) is 12.9. The van der Waals surface area contributed by atoms with Gasteiger partial charge in [0.05, 0.1) is 23.2 Å². The minimum absolute atomic E-state index is 0.0190. The number of nitrogens with two attached hydrogens (primary N) is 1. The van der Waals surface area contributed by atoms with Gasteiger partial charge in [-0.15, -0.1) is 0 Å². The molecule has 0 aliphatic heterocycles. The van der Waals surface area contributed by atoms with Crippen LogP contribution in [0.2, 0.25) is 0 Å². The van der Waals surface area contributed by atoms with E-state index in [1.54, 1.807) is 51.1 Å². The van der Waals surface area contributed by atoms with Crippen LogP contribution in [0.25, 0.3) is 0 Å². The van der Waals surface area contributed by atoms with E-state index in [1.165, 1.54) is 60.6 Å². The second-order valence-corrected chi connectivity index (χ2v) is 28.4. The molecular weight excluding hydrogens is 1130 g/mol. The number of hydrogen-bond acceptors (Lipinski definition) is 10. The Morgan fingerprint density at radius 2 is 0.920 bits per heavy atom. The normalized spacial score (nSPS) is 13.6. The molecule has 6 aromatic carbocycles. The van der Waals surface area contributed by atoms with Crippen LogP contribution >= 0.6 is 0 Å². The van der Waals surface area contributed by atoms with Crippen molar-refractivity contribution in [2.45, 2.75) is 220 Å². The zero-order valence-electron chi connectivity index (χ0n) is 56.3. The molecule has 0 aromatic heterocycles. The molecule has 2 atom stereocenters. The molecule has 0 spiro atoms. The molecule has 7 rings (SSSR count). The van der Waals surface area contributed by atoms with Crippen LogP contribution in [0.5, 0.6) is 5.75 Å². The van der Waals surface area contributed by atoms with E-state index >= 15 is 0 Å². The van der Waals surface area contributed by atoms with Gasteiger partial charge in [0.1, 0.15) is 17.2 Å². The largest absolute Gasteiger partial charge is 0.478 e. The fourth-order valence-electron chi connectivity index (χ4n) is 8.42. The van der Waals surface area contributed by atoms with Gasteiger partial charge in [-0.2, -0.15) is 0 Å². The van der Waals surface area contributed by atoms with E-state index in [0.29, 0.717) is 59.2 Å². The van der Waals surface area contributed by atoms with Crippen molar-refractivity contribution in [2.75, 3.05) is 19.8 Å². The molecule has 0 heterocycles. The van der Waals surface area contributed by atoms with Crippen molar-refractivity contribution in [2.24, 2.45) is 11.7 Å². The molecule has 1 fully saturated rings. The minimum atomic E-state index is -3.44. The number of carbonyl (C=O) groups is 1. The molecule has 0 amide bonds. The molecular formula is C74H109FN2O10S. The number of halogens is 1. The van der Waals surface area contributed by atoms with E-state index < -0.39 is 32.8 Å². The Kier molecular flexibility index (Phi) is 31.6. The summed E-state index contributed by atoms with van der Waals surface area (Å²) in [4.78, 5) is 11.1. The Morgan fingerprint density at radius 3 is 1.25 bits per heavy atom. The Labute approximate surface area is 528 Å². The molecule has 1 aliphatic carbocycles. The fraction of sp³-hybridized carbons (Fsp3) is 0.500. The highest BCUT2D eigenvalue weighted by molar-refractivity contribution is 7.89. The van der Waals surface area contributed by atoms with E-state index in [9.17, 15) is 32.9 Å². The van der Waals surface area contributed by atoms with E-state index in [-0.39, 0.29) is 42.1 Å². The second kappa shape index (κ2) is 35.5. The number of benzene rings is 6. The molecule has 1 unspecified atom stereocenters. The zero-order valence-corrected chi connectivity index (χ0v) is 57.1. The van der Waals surface area contributed by atoms with E-state index in [0.717, 1.165) is 22.3 Å². The molecule has 1 aliphatic rings. The molecule has 0 bridgehead atoms. The lowest BCUT2D eigenvalue weighted by Crippen LogP contribution is -2.37. The molecule has 12 nitrogen and oxygen atoms in total. The van der Waals surface area contributed by atoms with Crippen molar-refractivity contribution in [3.63, 3.8) is 0 Å². The van der Waals surface area contributed by atoms with Crippen LogP contribution in [0.15, 0.2) is 144 Å². The summed E-state index contributed by atoms with van der Waals surface area (Å²) in [5, 5.41) is 55.8. The number of carboxylic acid groups (broad SMARTS) is 1.